The number of ether oxygens (including phenoxy) is 1. The first kappa shape index (κ1) is 13.2. The molecule has 0 aliphatic rings. The fourth-order valence-corrected chi connectivity index (χ4v) is 1.57. The van der Waals surface area contributed by atoms with Gasteiger partial charge in [0, 0.05) is 11.1 Å². The van der Waals surface area contributed by atoms with E-state index >= 15 is 0 Å². The van der Waals surface area contributed by atoms with E-state index in [2.05, 4.69) is 18.8 Å². The first-order valence-corrected chi connectivity index (χ1v) is 6.01. The third-order valence-electron chi connectivity index (χ3n) is 2.51. The first-order chi connectivity index (χ1) is 8.30. The normalized spacial score (nSPS) is 9.35. The maximum Gasteiger partial charge on any atom is 0.121 e. The average Bonchev–Trinajstić information content (AvgIpc) is 2.38. The van der Waals surface area contributed by atoms with Crippen LogP contribution in [-0.4, -0.2) is 6.61 Å². The first-order valence-electron chi connectivity index (χ1n) is 6.01. The topological polar surface area (TPSA) is 9.23 Å². The number of unbranched alkanes of at least 4 members (excludes halogenated alkanes) is 3. The molecule has 0 heterocycles. The quantitative estimate of drug-likeness (QED) is 0.532. The van der Waals surface area contributed by atoms with Crippen LogP contribution < -0.4 is 4.74 Å². The molecule has 0 fully saturated rings. The lowest BCUT2D eigenvalue weighted by Gasteiger charge is -2.07. The van der Waals surface area contributed by atoms with Crippen molar-refractivity contribution in [3.8, 4) is 30.4 Å². The zero-order valence-electron chi connectivity index (χ0n) is 10.3. The Hall–Kier alpha value is -1.86. The van der Waals surface area contributed by atoms with Gasteiger partial charge in [-0.25, -0.2) is 0 Å². The van der Waals surface area contributed by atoms with E-state index in [0.717, 1.165) is 29.9 Å². The largest absolute Gasteiger partial charge is 0.494 e. The maximum absolute atomic E-state index is 5.65. The molecule has 17 heavy (non-hydrogen) atoms. The third kappa shape index (κ3) is 4.66. The second-order valence-corrected chi connectivity index (χ2v) is 3.94. The lowest BCUT2D eigenvalue weighted by atomic mass is 10.1. The summed E-state index contributed by atoms with van der Waals surface area (Å²) in [5.74, 6) is 5.92. The van der Waals surface area contributed by atoms with Crippen LogP contribution in [0.1, 0.15) is 43.7 Å². The minimum Gasteiger partial charge on any atom is -0.494 e. The van der Waals surface area contributed by atoms with Crippen LogP contribution in [0.15, 0.2) is 18.2 Å². The fraction of sp³-hybridized carbons (Fsp3) is 0.375. The Morgan fingerprint density at radius 1 is 1.00 bits per heavy atom. The summed E-state index contributed by atoms with van der Waals surface area (Å²) in [6.45, 7) is 2.91. The number of rotatable bonds is 6. The summed E-state index contributed by atoms with van der Waals surface area (Å²) < 4.78 is 5.65. The van der Waals surface area contributed by atoms with Crippen LogP contribution in [-0.2, 0) is 0 Å². The molecule has 0 spiro atoms. The van der Waals surface area contributed by atoms with Crippen molar-refractivity contribution in [3.63, 3.8) is 0 Å². The van der Waals surface area contributed by atoms with E-state index in [1.165, 1.54) is 19.3 Å². The zero-order chi connectivity index (χ0) is 12.5. The molecule has 88 valence electrons. The molecule has 0 radical (unpaired) electrons. The van der Waals surface area contributed by atoms with Crippen molar-refractivity contribution in [1.29, 1.82) is 0 Å². The number of hydrogen-bond donors (Lipinski definition) is 0. The van der Waals surface area contributed by atoms with E-state index in [9.17, 15) is 0 Å². The molecule has 0 unspecified atom stereocenters. The molecule has 0 N–H and O–H groups in total. The van der Waals surface area contributed by atoms with Crippen LogP contribution in [0.4, 0.5) is 0 Å². The monoisotopic (exact) mass is 226 g/mol. The predicted molar refractivity (Wildman–Crippen MR) is 71.9 cm³/mol. The molecule has 0 aliphatic carbocycles. The molecule has 0 bridgehead atoms. The van der Waals surface area contributed by atoms with Crippen molar-refractivity contribution in [2.24, 2.45) is 0 Å². The standard InChI is InChI=1S/C16H18O/c1-4-7-8-9-10-17-16-12-14(5-2)11-15(6-3)13-16/h2-3,11-13H,4,7-10H2,1H3. The van der Waals surface area contributed by atoms with Gasteiger partial charge in [0.05, 0.1) is 6.61 Å². The highest BCUT2D eigenvalue weighted by Crippen LogP contribution is 2.17. The van der Waals surface area contributed by atoms with Crippen molar-refractivity contribution in [2.45, 2.75) is 32.6 Å². The van der Waals surface area contributed by atoms with E-state index in [0.29, 0.717) is 0 Å². The summed E-state index contributed by atoms with van der Waals surface area (Å²) in [6, 6.07) is 5.51. The van der Waals surface area contributed by atoms with Gasteiger partial charge in [-0.15, -0.1) is 12.8 Å². The summed E-state index contributed by atoms with van der Waals surface area (Å²) in [5, 5.41) is 0. The maximum atomic E-state index is 5.65. The highest BCUT2D eigenvalue weighted by molar-refractivity contribution is 5.47. The minimum absolute atomic E-state index is 0.720. The molecule has 0 atom stereocenters. The molecule has 0 aromatic heterocycles. The Morgan fingerprint density at radius 3 is 2.18 bits per heavy atom. The molecule has 0 amide bonds. The molecule has 1 aromatic carbocycles. The molecule has 1 heteroatoms. The van der Waals surface area contributed by atoms with E-state index in [1.54, 1.807) is 0 Å². The summed E-state index contributed by atoms with van der Waals surface area (Å²) in [4.78, 5) is 0. The molecular formula is C16H18O. The Labute approximate surface area is 104 Å². The Morgan fingerprint density at radius 2 is 1.65 bits per heavy atom. The predicted octanol–water partition coefficient (Wildman–Crippen LogP) is 3.61. The van der Waals surface area contributed by atoms with Crippen LogP contribution in [0.25, 0.3) is 0 Å². The zero-order valence-corrected chi connectivity index (χ0v) is 10.3. The smallest absolute Gasteiger partial charge is 0.121 e. The summed E-state index contributed by atoms with van der Waals surface area (Å²) in [7, 11) is 0. The van der Waals surface area contributed by atoms with Crippen LogP contribution in [0.2, 0.25) is 0 Å². The summed E-state index contributed by atoms with van der Waals surface area (Å²) in [6.07, 6.45) is 15.5. The molecule has 0 aliphatic heterocycles. The number of benzene rings is 1. The van der Waals surface area contributed by atoms with E-state index < -0.39 is 0 Å². The molecule has 1 rings (SSSR count). The van der Waals surface area contributed by atoms with Crippen molar-refractivity contribution in [2.75, 3.05) is 6.61 Å². The van der Waals surface area contributed by atoms with Crippen molar-refractivity contribution in [3.05, 3.63) is 29.3 Å². The summed E-state index contributed by atoms with van der Waals surface area (Å²) in [5.41, 5.74) is 1.54. The average molecular weight is 226 g/mol. The van der Waals surface area contributed by atoms with Crippen LogP contribution in [0.3, 0.4) is 0 Å². The highest BCUT2D eigenvalue weighted by atomic mass is 16.5. The SMILES string of the molecule is C#Cc1cc(C#C)cc(OCCCCCC)c1. The minimum atomic E-state index is 0.720. The highest BCUT2D eigenvalue weighted by Gasteiger charge is 1.99. The van der Waals surface area contributed by atoms with Gasteiger partial charge in [-0.3, -0.25) is 0 Å². The Balaban J connectivity index is 2.54. The lowest BCUT2D eigenvalue weighted by molar-refractivity contribution is 0.305. The Kier molecular flexibility index (Phi) is 5.76. The third-order valence-corrected chi connectivity index (χ3v) is 2.51. The van der Waals surface area contributed by atoms with E-state index in [-0.39, 0.29) is 0 Å². The van der Waals surface area contributed by atoms with Crippen molar-refractivity contribution < 1.29 is 4.74 Å². The number of terminal acetylenes is 2. The van der Waals surface area contributed by atoms with Gasteiger partial charge in [-0.2, -0.15) is 0 Å². The summed E-state index contributed by atoms with van der Waals surface area (Å²) >= 11 is 0. The van der Waals surface area contributed by atoms with Gasteiger partial charge in [-0.1, -0.05) is 38.0 Å². The van der Waals surface area contributed by atoms with Gasteiger partial charge in [0.15, 0.2) is 0 Å². The molecule has 1 aromatic rings. The van der Waals surface area contributed by atoms with E-state index in [4.69, 9.17) is 17.6 Å². The van der Waals surface area contributed by atoms with Crippen LogP contribution >= 0.6 is 0 Å². The van der Waals surface area contributed by atoms with Crippen molar-refractivity contribution >= 4 is 0 Å². The van der Waals surface area contributed by atoms with Gasteiger partial charge < -0.3 is 4.74 Å². The lowest BCUT2D eigenvalue weighted by Crippen LogP contribution is -1.98. The van der Waals surface area contributed by atoms with Crippen LogP contribution in [0.5, 0.6) is 5.75 Å². The van der Waals surface area contributed by atoms with Crippen molar-refractivity contribution in [1.82, 2.24) is 0 Å². The van der Waals surface area contributed by atoms with Gasteiger partial charge in [0.25, 0.3) is 0 Å². The molecule has 0 saturated carbocycles. The van der Waals surface area contributed by atoms with Gasteiger partial charge in [-0.05, 0) is 24.6 Å². The van der Waals surface area contributed by atoms with Gasteiger partial charge in [0.1, 0.15) is 5.75 Å². The molecular weight excluding hydrogens is 208 g/mol. The van der Waals surface area contributed by atoms with E-state index in [1.807, 2.05) is 18.2 Å². The number of hydrogen-bond acceptors (Lipinski definition) is 1. The Bertz CT molecular complexity index is 400. The molecule has 0 saturated heterocycles. The fourth-order valence-electron chi connectivity index (χ4n) is 1.57. The van der Waals surface area contributed by atoms with Gasteiger partial charge >= 0.3 is 0 Å². The molecule has 1 nitrogen and oxygen atoms in total. The second-order valence-electron chi connectivity index (χ2n) is 3.94. The van der Waals surface area contributed by atoms with Crippen LogP contribution in [0, 0.1) is 24.7 Å². The van der Waals surface area contributed by atoms with Gasteiger partial charge in [0.2, 0.25) is 0 Å². The second kappa shape index (κ2) is 7.42.